The molecule has 1 fully saturated rings. The Kier molecular flexibility index (Phi) is 5.56. The molecule has 0 bridgehead atoms. The smallest absolute Gasteiger partial charge is 0.321 e. The molecular weight excluding hydrogens is 316 g/mol. The van der Waals surface area contributed by atoms with Crippen molar-refractivity contribution in [3.63, 3.8) is 0 Å². The lowest BCUT2D eigenvalue weighted by Gasteiger charge is -2.31. The molecule has 1 N–H and O–H groups in total. The van der Waals surface area contributed by atoms with Crippen LogP contribution in [0.3, 0.4) is 0 Å². The van der Waals surface area contributed by atoms with E-state index < -0.39 is 0 Å². The molecule has 25 heavy (non-hydrogen) atoms. The molecule has 1 saturated heterocycles. The Labute approximate surface area is 148 Å². The van der Waals surface area contributed by atoms with Crippen LogP contribution < -0.4 is 10.1 Å². The van der Waals surface area contributed by atoms with Crippen LogP contribution in [0, 0.1) is 0 Å². The molecule has 2 amide bonds. The summed E-state index contributed by atoms with van der Waals surface area (Å²) in [6, 6.07) is 15.7. The number of hydrogen-bond donors (Lipinski definition) is 1. The summed E-state index contributed by atoms with van der Waals surface area (Å²) in [6.07, 6.45) is 2.12. The van der Waals surface area contributed by atoms with Gasteiger partial charge < -0.3 is 19.7 Å². The minimum atomic E-state index is -0.0733. The third-order valence-corrected chi connectivity index (χ3v) is 4.54. The molecule has 1 atom stereocenters. The molecule has 1 heterocycles. The number of benzene rings is 2. The molecule has 2 aromatic rings. The lowest BCUT2D eigenvalue weighted by molar-refractivity contribution is 0.0458. The minimum absolute atomic E-state index is 0.0733. The predicted molar refractivity (Wildman–Crippen MR) is 99.1 cm³/mol. The molecular formula is C20H24N2O3. The number of anilines is 1. The monoisotopic (exact) mass is 340 g/mol. The summed E-state index contributed by atoms with van der Waals surface area (Å²) < 4.78 is 10.6. The number of rotatable bonds is 4. The molecule has 1 aliphatic heterocycles. The Morgan fingerprint density at radius 2 is 1.92 bits per heavy atom. The quantitative estimate of drug-likeness (QED) is 0.915. The zero-order valence-corrected chi connectivity index (χ0v) is 14.7. The van der Waals surface area contributed by atoms with E-state index >= 15 is 0 Å². The standard InChI is InChI=1S/C20H24N2O3/c1-24-18-6-3-5-16(13-18)15-8-10-17(11-9-15)21-20(23)22-12-4-7-19(14-22)25-2/h3,5-6,8-11,13,19H,4,7,12,14H2,1-2H3,(H,21,23)/t19-/m1/s1. The summed E-state index contributed by atoms with van der Waals surface area (Å²) in [5, 5.41) is 2.96. The first-order valence-electron chi connectivity index (χ1n) is 8.53. The molecule has 0 spiro atoms. The second-order valence-corrected chi connectivity index (χ2v) is 6.19. The van der Waals surface area contributed by atoms with Crippen LogP contribution in [0.5, 0.6) is 5.75 Å². The summed E-state index contributed by atoms with van der Waals surface area (Å²) in [6.45, 7) is 1.41. The van der Waals surface area contributed by atoms with Gasteiger partial charge in [0.25, 0.3) is 0 Å². The first-order chi connectivity index (χ1) is 12.2. The molecule has 2 aromatic carbocycles. The van der Waals surface area contributed by atoms with E-state index in [9.17, 15) is 4.79 Å². The third kappa shape index (κ3) is 4.31. The first kappa shape index (κ1) is 17.3. The van der Waals surface area contributed by atoms with Crippen molar-refractivity contribution in [3.8, 4) is 16.9 Å². The van der Waals surface area contributed by atoms with Crippen molar-refractivity contribution < 1.29 is 14.3 Å². The van der Waals surface area contributed by atoms with Crippen LogP contribution in [0.15, 0.2) is 48.5 Å². The van der Waals surface area contributed by atoms with Crippen molar-refractivity contribution in [2.75, 3.05) is 32.6 Å². The van der Waals surface area contributed by atoms with Crippen LogP contribution in [0.2, 0.25) is 0 Å². The van der Waals surface area contributed by atoms with Gasteiger partial charge in [0, 0.05) is 25.9 Å². The number of nitrogens with zero attached hydrogens (tertiary/aromatic N) is 1. The van der Waals surface area contributed by atoms with Gasteiger partial charge in [-0.3, -0.25) is 0 Å². The van der Waals surface area contributed by atoms with Gasteiger partial charge in [0.15, 0.2) is 0 Å². The highest BCUT2D eigenvalue weighted by Crippen LogP contribution is 2.25. The minimum Gasteiger partial charge on any atom is -0.497 e. The highest BCUT2D eigenvalue weighted by atomic mass is 16.5. The zero-order valence-electron chi connectivity index (χ0n) is 14.7. The Morgan fingerprint density at radius 1 is 1.12 bits per heavy atom. The van der Waals surface area contributed by atoms with Crippen LogP contribution in [0.25, 0.3) is 11.1 Å². The third-order valence-electron chi connectivity index (χ3n) is 4.54. The van der Waals surface area contributed by atoms with Crippen LogP contribution in [-0.2, 0) is 4.74 Å². The van der Waals surface area contributed by atoms with Crippen molar-refractivity contribution in [3.05, 3.63) is 48.5 Å². The van der Waals surface area contributed by atoms with E-state index in [0.29, 0.717) is 6.54 Å². The second kappa shape index (κ2) is 8.03. The van der Waals surface area contributed by atoms with Gasteiger partial charge in [0.2, 0.25) is 0 Å². The lowest BCUT2D eigenvalue weighted by atomic mass is 10.1. The number of amides is 2. The topological polar surface area (TPSA) is 50.8 Å². The van der Waals surface area contributed by atoms with Crippen molar-refractivity contribution in [1.29, 1.82) is 0 Å². The molecule has 0 radical (unpaired) electrons. The number of piperidine rings is 1. The summed E-state index contributed by atoms with van der Waals surface area (Å²) in [4.78, 5) is 14.2. The van der Waals surface area contributed by atoms with Gasteiger partial charge in [-0.2, -0.15) is 0 Å². The maximum absolute atomic E-state index is 12.4. The van der Waals surface area contributed by atoms with E-state index in [2.05, 4.69) is 5.32 Å². The van der Waals surface area contributed by atoms with Gasteiger partial charge in [0.05, 0.1) is 13.2 Å². The highest BCUT2D eigenvalue weighted by Gasteiger charge is 2.23. The van der Waals surface area contributed by atoms with E-state index in [0.717, 1.165) is 42.0 Å². The Hall–Kier alpha value is -2.53. The Balaban J connectivity index is 1.65. The number of likely N-dealkylation sites (tertiary alicyclic amines) is 1. The van der Waals surface area contributed by atoms with Crippen LogP contribution in [0.1, 0.15) is 12.8 Å². The Bertz CT molecular complexity index is 715. The SMILES string of the molecule is COc1cccc(-c2ccc(NC(=O)N3CCC[C@@H](OC)C3)cc2)c1. The average molecular weight is 340 g/mol. The van der Waals surface area contributed by atoms with Gasteiger partial charge in [-0.25, -0.2) is 4.79 Å². The molecule has 1 aliphatic rings. The number of nitrogens with one attached hydrogen (secondary N) is 1. The number of methoxy groups -OCH3 is 2. The average Bonchev–Trinajstić information content (AvgIpc) is 2.68. The molecule has 0 aliphatic carbocycles. The molecule has 5 heteroatoms. The van der Waals surface area contributed by atoms with Gasteiger partial charge in [-0.1, -0.05) is 24.3 Å². The number of carbonyl (C=O) groups is 1. The van der Waals surface area contributed by atoms with Crippen LogP contribution in [0.4, 0.5) is 10.5 Å². The number of urea groups is 1. The van der Waals surface area contributed by atoms with Crippen LogP contribution in [-0.4, -0.2) is 44.3 Å². The van der Waals surface area contributed by atoms with Crippen molar-refractivity contribution in [1.82, 2.24) is 4.90 Å². The summed E-state index contributed by atoms with van der Waals surface area (Å²) in [5.74, 6) is 0.827. The normalized spacial score (nSPS) is 17.2. The van der Waals surface area contributed by atoms with Crippen LogP contribution >= 0.6 is 0 Å². The maximum Gasteiger partial charge on any atom is 0.321 e. The molecule has 3 rings (SSSR count). The molecule has 0 aromatic heterocycles. The second-order valence-electron chi connectivity index (χ2n) is 6.19. The zero-order chi connectivity index (χ0) is 17.6. The number of carbonyl (C=O) groups excluding carboxylic acids is 1. The van der Waals surface area contributed by atoms with Crippen molar-refractivity contribution in [2.45, 2.75) is 18.9 Å². The molecule has 0 unspecified atom stereocenters. The largest absolute Gasteiger partial charge is 0.497 e. The van der Waals surface area contributed by atoms with E-state index in [1.165, 1.54) is 0 Å². The van der Waals surface area contributed by atoms with E-state index in [4.69, 9.17) is 9.47 Å². The fourth-order valence-corrected chi connectivity index (χ4v) is 3.07. The van der Waals surface area contributed by atoms with E-state index in [1.54, 1.807) is 14.2 Å². The number of hydrogen-bond acceptors (Lipinski definition) is 3. The van der Waals surface area contributed by atoms with Gasteiger partial charge in [0.1, 0.15) is 5.75 Å². The van der Waals surface area contributed by atoms with E-state index in [1.807, 2.05) is 53.4 Å². The lowest BCUT2D eigenvalue weighted by Crippen LogP contribution is -2.44. The van der Waals surface area contributed by atoms with Gasteiger partial charge in [-0.05, 0) is 48.2 Å². The summed E-state index contributed by atoms with van der Waals surface area (Å²) in [7, 11) is 3.36. The molecule has 0 saturated carbocycles. The number of ether oxygens (including phenoxy) is 2. The Morgan fingerprint density at radius 3 is 2.64 bits per heavy atom. The first-order valence-corrected chi connectivity index (χ1v) is 8.53. The fourth-order valence-electron chi connectivity index (χ4n) is 3.07. The molecule has 132 valence electrons. The highest BCUT2D eigenvalue weighted by molar-refractivity contribution is 5.89. The summed E-state index contributed by atoms with van der Waals surface area (Å²) >= 11 is 0. The summed E-state index contributed by atoms with van der Waals surface area (Å²) in [5.41, 5.74) is 2.95. The predicted octanol–water partition coefficient (Wildman–Crippen LogP) is 4.00. The van der Waals surface area contributed by atoms with E-state index in [-0.39, 0.29) is 12.1 Å². The molecule has 5 nitrogen and oxygen atoms in total. The van der Waals surface area contributed by atoms with Gasteiger partial charge in [-0.15, -0.1) is 0 Å². The van der Waals surface area contributed by atoms with Crippen molar-refractivity contribution >= 4 is 11.7 Å². The maximum atomic E-state index is 12.4. The fraction of sp³-hybridized carbons (Fsp3) is 0.350. The van der Waals surface area contributed by atoms with Gasteiger partial charge >= 0.3 is 6.03 Å². The van der Waals surface area contributed by atoms with Crippen molar-refractivity contribution in [2.24, 2.45) is 0 Å².